The first-order valence-corrected chi connectivity index (χ1v) is 8.92. The van der Waals surface area contributed by atoms with Crippen LogP contribution in [0.15, 0.2) is 11.1 Å². The first-order valence-electron chi connectivity index (χ1n) is 7.56. The van der Waals surface area contributed by atoms with E-state index in [1.807, 2.05) is 0 Å². The average Bonchev–Trinajstić information content (AvgIpc) is 2.45. The zero-order chi connectivity index (χ0) is 18.2. The first kappa shape index (κ1) is 18.3. The Hall–Kier alpha value is -2.06. The summed E-state index contributed by atoms with van der Waals surface area (Å²) in [6, 6.07) is 1.56. The molecule has 1 atom stereocenters. The highest BCUT2D eigenvalue weighted by atomic mass is 32.3. The van der Waals surface area contributed by atoms with Crippen LogP contribution in [0.5, 0.6) is 5.75 Å². The van der Waals surface area contributed by atoms with E-state index in [1.54, 1.807) is 26.8 Å². The van der Waals surface area contributed by atoms with Crippen molar-refractivity contribution >= 4 is 33.4 Å². The van der Waals surface area contributed by atoms with Gasteiger partial charge in [0.1, 0.15) is 11.7 Å². The van der Waals surface area contributed by atoms with Crippen LogP contribution in [-0.2, 0) is 28.0 Å². The van der Waals surface area contributed by atoms with Crippen LogP contribution < -0.4 is 4.18 Å². The number of carbonyl (C=O) groups excluding carboxylic acids is 2. The second-order valence-electron chi connectivity index (χ2n) is 5.62. The van der Waals surface area contributed by atoms with Crippen molar-refractivity contribution in [2.45, 2.75) is 40.5 Å². The molecular formula is C16H19NO6S. The van der Waals surface area contributed by atoms with Gasteiger partial charge < -0.3 is 4.18 Å². The Bertz CT molecular complexity index is 854. The van der Waals surface area contributed by atoms with Gasteiger partial charge in [0.25, 0.3) is 0 Å². The SMILES string of the molecule is CCc1cc2c(c(CC)c1OS(=O)(=O)O)C(=O)C(C(C)=O)C(C)=N2. The molecule has 130 valence electrons. The molecular weight excluding hydrogens is 334 g/mol. The molecule has 0 amide bonds. The summed E-state index contributed by atoms with van der Waals surface area (Å²) in [5.74, 6) is -1.80. The van der Waals surface area contributed by atoms with E-state index in [9.17, 15) is 18.0 Å². The lowest BCUT2D eigenvalue weighted by atomic mass is 9.83. The van der Waals surface area contributed by atoms with E-state index in [4.69, 9.17) is 8.74 Å². The first-order chi connectivity index (χ1) is 11.1. The fourth-order valence-electron chi connectivity index (χ4n) is 3.00. The summed E-state index contributed by atoms with van der Waals surface area (Å²) in [6.07, 6.45) is 0.704. The van der Waals surface area contributed by atoms with Crippen LogP contribution in [0.1, 0.15) is 49.2 Å². The van der Waals surface area contributed by atoms with Gasteiger partial charge in [0.2, 0.25) is 0 Å². The maximum Gasteiger partial charge on any atom is 0.446 e. The van der Waals surface area contributed by atoms with Gasteiger partial charge in [0.05, 0.1) is 11.3 Å². The van der Waals surface area contributed by atoms with E-state index in [0.717, 1.165) is 0 Å². The van der Waals surface area contributed by atoms with E-state index in [2.05, 4.69) is 4.99 Å². The molecule has 0 saturated carbocycles. The molecule has 1 N–H and O–H groups in total. The maximum atomic E-state index is 12.8. The van der Waals surface area contributed by atoms with Gasteiger partial charge in [0.15, 0.2) is 11.5 Å². The van der Waals surface area contributed by atoms with Crippen molar-refractivity contribution in [1.29, 1.82) is 0 Å². The van der Waals surface area contributed by atoms with Crippen LogP contribution in [0.4, 0.5) is 5.69 Å². The number of carbonyl (C=O) groups is 2. The number of aliphatic imine (C=N–C) groups is 1. The highest BCUT2D eigenvalue weighted by Gasteiger charge is 2.36. The second kappa shape index (κ2) is 6.45. The normalized spacial score (nSPS) is 17.3. The third-order valence-electron chi connectivity index (χ3n) is 3.99. The Kier molecular flexibility index (Phi) is 4.91. The Morgan fingerprint density at radius 2 is 1.96 bits per heavy atom. The summed E-state index contributed by atoms with van der Waals surface area (Å²) in [7, 11) is -4.74. The smallest absolute Gasteiger partial charge is 0.361 e. The minimum atomic E-state index is -4.74. The number of hydrogen-bond donors (Lipinski definition) is 1. The third-order valence-corrected chi connectivity index (χ3v) is 4.36. The minimum Gasteiger partial charge on any atom is -0.361 e. The monoisotopic (exact) mass is 353 g/mol. The van der Waals surface area contributed by atoms with Crippen molar-refractivity contribution in [3.05, 3.63) is 22.8 Å². The molecule has 8 heteroatoms. The molecule has 1 heterocycles. The highest BCUT2D eigenvalue weighted by molar-refractivity contribution is 7.81. The summed E-state index contributed by atoms with van der Waals surface area (Å²) in [6.45, 7) is 6.45. The van der Waals surface area contributed by atoms with Gasteiger partial charge in [-0.2, -0.15) is 8.42 Å². The van der Waals surface area contributed by atoms with Crippen LogP contribution in [0.25, 0.3) is 0 Å². The molecule has 1 aliphatic rings. The van der Waals surface area contributed by atoms with Crippen molar-refractivity contribution in [3.63, 3.8) is 0 Å². The van der Waals surface area contributed by atoms with Gasteiger partial charge in [-0.3, -0.25) is 19.1 Å². The Labute approximate surface area is 140 Å². The van der Waals surface area contributed by atoms with Crippen LogP contribution in [-0.4, -0.2) is 30.2 Å². The predicted molar refractivity (Wildman–Crippen MR) is 88.6 cm³/mol. The van der Waals surface area contributed by atoms with E-state index >= 15 is 0 Å². The molecule has 0 aliphatic carbocycles. The van der Waals surface area contributed by atoms with E-state index in [0.29, 0.717) is 28.9 Å². The summed E-state index contributed by atoms with van der Waals surface area (Å²) in [4.78, 5) is 29.0. The summed E-state index contributed by atoms with van der Waals surface area (Å²) in [5.41, 5.74) is 1.82. The highest BCUT2D eigenvalue weighted by Crippen LogP contribution is 2.40. The fraction of sp³-hybridized carbons (Fsp3) is 0.438. The lowest BCUT2D eigenvalue weighted by molar-refractivity contribution is -0.117. The summed E-state index contributed by atoms with van der Waals surface area (Å²) in [5, 5.41) is 0. The molecule has 0 spiro atoms. The number of Topliss-reactive ketones (excluding diaryl/α,β-unsaturated/α-hetero) is 2. The van der Waals surface area contributed by atoms with E-state index < -0.39 is 22.1 Å². The number of ketones is 2. The summed E-state index contributed by atoms with van der Waals surface area (Å²) >= 11 is 0. The van der Waals surface area contributed by atoms with Gasteiger partial charge in [0, 0.05) is 11.3 Å². The number of fused-ring (bicyclic) bond motifs is 1. The average molecular weight is 353 g/mol. The van der Waals surface area contributed by atoms with E-state index in [1.165, 1.54) is 6.92 Å². The molecule has 2 rings (SSSR count). The Balaban J connectivity index is 2.81. The molecule has 24 heavy (non-hydrogen) atoms. The lowest BCUT2D eigenvalue weighted by Gasteiger charge is -2.24. The Morgan fingerprint density at radius 3 is 2.42 bits per heavy atom. The molecule has 1 aromatic carbocycles. The van der Waals surface area contributed by atoms with Crippen LogP contribution in [0, 0.1) is 5.92 Å². The predicted octanol–water partition coefficient (Wildman–Crippen LogP) is 2.49. The topological polar surface area (TPSA) is 110 Å². The van der Waals surface area contributed by atoms with Gasteiger partial charge in [-0.15, -0.1) is 0 Å². The molecule has 1 aliphatic heterocycles. The van der Waals surface area contributed by atoms with Crippen molar-refractivity contribution in [2.24, 2.45) is 10.9 Å². The molecule has 7 nitrogen and oxygen atoms in total. The zero-order valence-electron chi connectivity index (χ0n) is 13.9. The van der Waals surface area contributed by atoms with Crippen LogP contribution in [0.3, 0.4) is 0 Å². The number of aryl methyl sites for hydroxylation is 1. The number of rotatable bonds is 5. The fourth-order valence-corrected chi connectivity index (χ4v) is 3.42. The molecule has 0 saturated heterocycles. The van der Waals surface area contributed by atoms with E-state index in [-0.39, 0.29) is 23.5 Å². The quantitative estimate of drug-likeness (QED) is 0.643. The van der Waals surface area contributed by atoms with Gasteiger partial charge in [-0.25, -0.2) is 0 Å². The van der Waals surface area contributed by atoms with Gasteiger partial charge in [-0.05, 0) is 38.3 Å². The molecule has 0 aromatic heterocycles. The Morgan fingerprint density at radius 1 is 1.33 bits per heavy atom. The largest absolute Gasteiger partial charge is 0.446 e. The summed E-state index contributed by atoms with van der Waals surface area (Å²) < 4.78 is 36.1. The standard InChI is InChI=1S/C16H19NO6S/c1-5-10-7-12-14(11(6-2)16(10)23-24(20,21)22)15(19)13(9(4)18)8(3)17-12/h7,13H,5-6H2,1-4H3,(H,20,21,22). The van der Waals surface area contributed by atoms with Crippen LogP contribution >= 0.6 is 0 Å². The van der Waals surface area contributed by atoms with Crippen LogP contribution in [0.2, 0.25) is 0 Å². The molecule has 0 radical (unpaired) electrons. The minimum absolute atomic E-state index is 0.0633. The van der Waals surface area contributed by atoms with Gasteiger partial charge in [-0.1, -0.05) is 13.8 Å². The maximum absolute atomic E-state index is 12.8. The number of benzene rings is 1. The van der Waals surface area contributed by atoms with Gasteiger partial charge >= 0.3 is 10.4 Å². The molecule has 0 bridgehead atoms. The lowest BCUT2D eigenvalue weighted by Crippen LogP contribution is -2.32. The molecule has 1 aromatic rings. The number of nitrogens with zero attached hydrogens (tertiary/aromatic N) is 1. The second-order valence-corrected chi connectivity index (χ2v) is 6.64. The van der Waals surface area contributed by atoms with Crippen molar-refractivity contribution in [3.8, 4) is 5.75 Å². The number of hydrogen-bond acceptors (Lipinski definition) is 6. The molecule has 1 unspecified atom stereocenters. The van der Waals surface area contributed by atoms with Crippen molar-refractivity contribution < 1.29 is 26.7 Å². The van der Waals surface area contributed by atoms with Crippen molar-refractivity contribution in [2.75, 3.05) is 0 Å². The third kappa shape index (κ3) is 3.25. The molecule has 0 fully saturated rings. The van der Waals surface area contributed by atoms with Crippen molar-refractivity contribution in [1.82, 2.24) is 0 Å². The zero-order valence-corrected chi connectivity index (χ0v) is 14.7.